The van der Waals surface area contributed by atoms with Crippen molar-refractivity contribution < 1.29 is 19.1 Å². The summed E-state index contributed by atoms with van der Waals surface area (Å²) in [6.07, 6.45) is 7.35. The van der Waals surface area contributed by atoms with Crippen molar-refractivity contribution in [1.29, 1.82) is 5.41 Å². The maximum Gasteiger partial charge on any atom is 0.253 e. The molecule has 0 radical (unpaired) electrons. The number of ketones is 1. The molecule has 0 bridgehead atoms. The first-order valence-electron chi connectivity index (χ1n) is 16.8. The molecule has 2 heterocycles. The highest BCUT2D eigenvalue weighted by molar-refractivity contribution is 6.09. The number of carbonyl (C=O) groups is 3. The summed E-state index contributed by atoms with van der Waals surface area (Å²) in [5, 5.41) is 11.4. The zero-order valence-electron chi connectivity index (χ0n) is 27.8. The van der Waals surface area contributed by atoms with E-state index in [9.17, 15) is 14.4 Å². The van der Waals surface area contributed by atoms with Gasteiger partial charge < -0.3 is 25.3 Å². The van der Waals surface area contributed by atoms with E-state index in [-0.39, 0.29) is 35.1 Å². The van der Waals surface area contributed by atoms with Crippen molar-refractivity contribution in [3.63, 3.8) is 0 Å². The van der Waals surface area contributed by atoms with Gasteiger partial charge in [-0.15, -0.1) is 0 Å². The Morgan fingerprint density at radius 2 is 1.74 bits per heavy atom. The van der Waals surface area contributed by atoms with E-state index in [1.807, 2.05) is 48.2 Å². The third kappa shape index (κ3) is 7.20. The summed E-state index contributed by atoms with van der Waals surface area (Å²) in [5.41, 5.74) is 1.82. The highest BCUT2D eigenvalue weighted by atomic mass is 16.5. The lowest BCUT2D eigenvalue weighted by Gasteiger charge is -2.40. The molecule has 0 spiro atoms. The summed E-state index contributed by atoms with van der Waals surface area (Å²) in [6, 6.07) is 13.5. The summed E-state index contributed by atoms with van der Waals surface area (Å²) in [7, 11) is 3.16. The first kappa shape index (κ1) is 33.4. The van der Waals surface area contributed by atoms with E-state index >= 15 is 0 Å². The number of benzene rings is 2. The Morgan fingerprint density at radius 1 is 1.04 bits per heavy atom. The molecule has 0 saturated carbocycles. The van der Waals surface area contributed by atoms with E-state index in [0.29, 0.717) is 47.7 Å². The largest absolute Gasteiger partial charge is 0.497 e. The van der Waals surface area contributed by atoms with E-state index in [1.165, 1.54) is 32.4 Å². The van der Waals surface area contributed by atoms with Gasteiger partial charge in [0.05, 0.1) is 7.11 Å². The van der Waals surface area contributed by atoms with Crippen molar-refractivity contribution in [2.24, 2.45) is 17.3 Å². The number of methoxy groups -OCH3 is 1. The van der Waals surface area contributed by atoms with Crippen LogP contribution in [-0.2, 0) is 11.2 Å². The lowest BCUT2D eigenvalue weighted by Crippen LogP contribution is -2.48. The molecule has 5 rings (SSSR count). The number of rotatable bonds is 8. The number of hydrogen-bond acceptors (Lipinski definition) is 6. The Labute approximate surface area is 273 Å². The highest BCUT2D eigenvalue weighted by Gasteiger charge is 2.42. The van der Waals surface area contributed by atoms with Gasteiger partial charge >= 0.3 is 0 Å². The summed E-state index contributed by atoms with van der Waals surface area (Å²) in [6.45, 7) is 7.59. The topological polar surface area (TPSA) is 103 Å². The minimum atomic E-state index is -1.34. The number of nitrogens with one attached hydrogen (secondary N) is 2. The van der Waals surface area contributed by atoms with Crippen molar-refractivity contribution in [3.8, 4) is 17.6 Å². The van der Waals surface area contributed by atoms with Crippen LogP contribution in [-0.4, -0.2) is 79.5 Å². The number of hydrogen-bond donors (Lipinski definition) is 2. The molecule has 244 valence electrons. The van der Waals surface area contributed by atoms with Gasteiger partial charge in [0, 0.05) is 55.0 Å². The lowest BCUT2D eigenvalue weighted by molar-refractivity contribution is -0.125. The Morgan fingerprint density at radius 3 is 2.37 bits per heavy atom. The standard InChI is InChI=1S/C38H48N4O4/c1-26(31-22-30-12-13-33(46-4)24-34(30)35(43)23-31)25-38(27(2)39,37(45)40-3)17-14-28-8-10-29(11-9-28)36(44)42-20-15-32(16-21-42)41-18-6-5-7-19-41/h8-13,24,26,31-32,39H,5-7,15-16,18-23,25H2,1-4H3,(H,40,45). The smallest absolute Gasteiger partial charge is 0.253 e. The SMILES string of the molecule is CNC(=O)C(C#Cc1ccc(C(=O)N2CCC(N3CCCCC3)CC2)cc1)(CC(C)C1CC(=O)c2cc(OC)ccc2C1)C(C)=N. The number of amides is 2. The molecule has 3 atom stereocenters. The van der Waals surface area contributed by atoms with Gasteiger partial charge in [0.25, 0.3) is 5.91 Å². The van der Waals surface area contributed by atoms with Gasteiger partial charge in [0.15, 0.2) is 5.78 Å². The molecular weight excluding hydrogens is 576 g/mol. The number of Topliss-reactive ketones (excluding diaryl/α,β-unsaturated/α-hetero) is 1. The van der Waals surface area contributed by atoms with Crippen molar-refractivity contribution in [2.45, 2.75) is 71.3 Å². The molecule has 8 heteroatoms. The molecular formula is C38H48N4O4. The molecule has 3 unspecified atom stereocenters. The molecule has 46 heavy (non-hydrogen) atoms. The molecule has 3 aliphatic rings. The predicted octanol–water partition coefficient (Wildman–Crippen LogP) is 5.38. The average Bonchev–Trinajstić information content (AvgIpc) is 3.09. The van der Waals surface area contributed by atoms with Crippen molar-refractivity contribution in [3.05, 3.63) is 64.7 Å². The zero-order chi connectivity index (χ0) is 32.8. The number of piperidine rings is 2. The molecule has 8 nitrogen and oxygen atoms in total. The molecule has 2 aromatic rings. The Hall–Kier alpha value is -3.96. The van der Waals surface area contributed by atoms with E-state index in [2.05, 4.69) is 22.1 Å². The molecule has 2 fully saturated rings. The van der Waals surface area contributed by atoms with Crippen LogP contribution >= 0.6 is 0 Å². The first-order chi connectivity index (χ1) is 22.1. The second kappa shape index (κ2) is 14.6. The third-order valence-electron chi connectivity index (χ3n) is 10.4. The number of fused-ring (bicyclic) bond motifs is 1. The minimum Gasteiger partial charge on any atom is -0.497 e. The normalized spacial score (nSPS) is 20.8. The Bertz CT molecular complexity index is 1510. The fourth-order valence-electron chi connectivity index (χ4n) is 7.48. The summed E-state index contributed by atoms with van der Waals surface area (Å²) in [4.78, 5) is 44.4. The van der Waals surface area contributed by atoms with E-state index < -0.39 is 5.41 Å². The molecule has 0 aromatic heterocycles. The van der Waals surface area contributed by atoms with E-state index in [0.717, 1.165) is 31.5 Å². The maximum absolute atomic E-state index is 13.4. The Kier molecular flexibility index (Phi) is 10.6. The van der Waals surface area contributed by atoms with Crippen LogP contribution in [0.4, 0.5) is 0 Å². The summed E-state index contributed by atoms with van der Waals surface area (Å²) in [5.74, 6) is 6.75. The van der Waals surface area contributed by atoms with Crippen LogP contribution in [0.1, 0.15) is 90.6 Å². The van der Waals surface area contributed by atoms with E-state index in [4.69, 9.17) is 10.1 Å². The van der Waals surface area contributed by atoms with E-state index in [1.54, 1.807) is 27.1 Å². The molecule has 2 amide bonds. The van der Waals surface area contributed by atoms with Crippen LogP contribution in [0.5, 0.6) is 5.75 Å². The van der Waals surface area contributed by atoms with Crippen LogP contribution in [0.3, 0.4) is 0 Å². The highest BCUT2D eigenvalue weighted by Crippen LogP contribution is 2.38. The molecule has 2 saturated heterocycles. The fraction of sp³-hybridized carbons (Fsp3) is 0.526. The first-order valence-corrected chi connectivity index (χ1v) is 16.8. The number of carbonyl (C=O) groups excluding carboxylic acids is 3. The van der Waals surface area contributed by atoms with Gasteiger partial charge in [0.2, 0.25) is 5.91 Å². The monoisotopic (exact) mass is 624 g/mol. The van der Waals surface area contributed by atoms with Crippen LogP contribution in [0, 0.1) is 34.5 Å². The van der Waals surface area contributed by atoms with Crippen LogP contribution in [0.25, 0.3) is 0 Å². The van der Waals surface area contributed by atoms with Crippen molar-refractivity contribution >= 4 is 23.3 Å². The fourth-order valence-corrected chi connectivity index (χ4v) is 7.48. The van der Waals surface area contributed by atoms with Crippen molar-refractivity contribution in [1.82, 2.24) is 15.1 Å². The number of ether oxygens (including phenoxy) is 1. The van der Waals surface area contributed by atoms with Crippen LogP contribution in [0.15, 0.2) is 42.5 Å². The molecule has 1 aliphatic carbocycles. The van der Waals surface area contributed by atoms with Crippen molar-refractivity contribution in [2.75, 3.05) is 40.3 Å². The molecule has 2 aromatic carbocycles. The second-order valence-corrected chi connectivity index (χ2v) is 13.4. The number of likely N-dealkylation sites (tertiary alicyclic amines) is 2. The summed E-state index contributed by atoms with van der Waals surface area (Å²) >= 11 is 0. The maximum atomic E-state index is 13.4. The second-order valence-electron chi connectivity index (χ2n) is 13.4. The van der Waals surface area contributed by atoms with Gasteiger partial charge in [-0.25, -0.2) is 0 Å². The van der Waals surface area contributed by atoms with Gasteiger partial charge in [-0.2, -0.15) is 0 Å². The van der Waals surface area contributed by atoms with Gasteiger partial charge in [0.1, 0.15) is 11.2 Å². The lowest BCUT2D eigenvalue weighted by atomic mass is 9.68. The molecule has 2 aliphatic heterocycles. The van der Waals surface area contributed by atoms with Crippen LogP contribution < -0.4 is 10.1 Å². The van der Waals surface area contributed by atoms with Gasteiger partial charge in [-0.3, -0.25) is 14.4 Å². The zero-order valence-corrected chi connectivity index (χ0v) is 27.8. The third-order valence-corrected chi connectivity index (χ3v) is 10.4. The van der Waals surface area contributed by atoms with Gasteiger partial charge in [-0.1, -0.05) is 31.3 Å². The van der Waals surface area contributed by atoms with Crippen LogP contribution in [0.2, 0.25) is 0 Å². The summed E-state index contributed by atoms with van der Waals surface area (Å²) < 4.78 is 5.31. The number of nitrogens with zero attached hydrogens (tertiary/aromatic N) is 2. The minimum absolute atomic E-state index is 0.0220. The Balaban J connectivity index is 1.27. The quantitative estimate of drug-likeness (QED) is 0.303. The van der Waals surface area contributed by atoms with Gasteiger partial charge in [-0.05, 0) is 112 Å². The molecule has 2 N–H and O–H groups in total. The predicted molar refractivity (Wildman–Crippen MR) is 180 cm³/mol. The average molecular weight is 625 g/mol.